The molecule has 1 saturated carbocycles. The second-order valence-electron chi connectivity index (χ2n) is 5.92. The zero-order valence-electron chi connectivity index (χ0n) is 12.6. The molecular formula is C14H28N2O3. The molecule has 1 aliphatic carbocycles. The molecule has 0 aliphatic heterocycles. The van der Waals surface area contributed by atoms with E-state index in [0.717, 1.165) is 19.5 Å². The van der Waals surface area contributed by atoms with Gasteiger partial charge in [-0.1, -0.05) is 13.8 Å². The molecule has 0 heterocycles. The van der Waals surface area contributed by atoms with Crippen LogP contribution in [-0.4, -0.2) is 61.4 Å². The van der Waals surface area contributed by atoms with Crippen LogP contribution < -0.4 is 5.32 Å². The minimum absolute atomic E-state index is 0.334. The molecule has 112 valence electrons. The fourth-order valence-electron chi connectivity index (χ4n) is 2.96. The number of likely N-dealkylation sites (N-methyl/N-ethyl adjacent to an activating group) is 1. The Kier molecular flexibility index (Phi) is 6.23. The van der Waals surface area contributed by atoms with Gasteiger partial charge in [0.15, 0.2) is 0 Å². The van der Waals surface area contributed by atoms with Gasteiger partial charge >= 0.3 is 5.97 Å². The van der Waals surface area contributed by atoms with Crippen molar-refractivity contribution in [3.05, 3.63) is 0 Å². The quantitative estimate of drug-likeness (QED) is 0.695. The Bertz CT molecular complexity index is 296. The Morgan fingerprint density at radius 3 is 2.68 bits per heavy atom. The predicted molar refractivity (Wildman–Crippen MR) is 75.4 cm³/mol. The van der Waals surface area contributed by atoms with Gasteiger partial charge in [0.2, 0.25) is 0 Å². The molecule has 5 nitrogen and oxygen atoms in total. The van der Waals surface area contributed by atoms with Gasteiger partial charge in [-0.3, -0.25) is 9.69 Å². The first-order valence-electron chi connectivity index (χ1n) is 7.10. The van der Waals surface area contributed by atoms with Crippen molar-refractivity contribution in [2.75, 3.05) is 33.9 Å². The number of carboxylic acid groups (broad SMARTS) is 1. The lowest BCUT2D eigenvalue weighted by Crippen LogP contribution is -2.50. The summed E-state index contributed by atoms with van der Waals surface area (Å²) in [5, 5.41) is 12.4. The maximum atomic E-state index is 11.5. The van der Waals surface area contributed by atoms with Crippen molar-refractivity contribution >= 4 is 5.97 Å². The molecule has 0 aromatic carbocycles. The van der Waals surface area contributed by atoms with E-state index in [1.165, 1.54) is 0 Å². The normalized spacial score (nSPS) is 27.4. The van der Waals surface area contributed by atoms with Crippen LogP contribution in [0.1, 0.15) is 33.1 Å². The molecule has 1 aliphatic rings. The maximum Gasteiger partial charge on any atom is 0.323 e. The van der Waals surface area contributed by atoms with Crippen molar-refractivity contribution in [3.63, 3.8) is 0 Å². The fourth-order valence-corrected chi connectivity index (χ4v) is 2.96. The van der Waals surface area contributed by atoms with Crippen LogP contribution in [0, 0.1) is 5.92 Å². The van der Waals surface area contributed by atoms with Gasteiger partial charge in [-0.2, -0.15) is 0 Å². The number of rotatable bonds is 8. The van der Waals surface area contributed by atoms with Crippen LogP contribution in [0.5, 0.6) is 0 Å². The molecule has 2 unspecified atom stereocenters. The van der Waals surface area contributed by atoms with E-state index in [4.69, 9.17) is 4.74 Å². The third-order valence-corrected chi connectivity index (χ3v) is 4.08. The number of ether oxygens (including phenoxy) is 1. The first-order chi connectivity index (χ1) is 8.95. The fraction of sp³-hybridized carbons (Fsp3) is 0.929. The third kappa shape index (κ3) is 4.16. The van der Waals surface area contributed by atoms with E-state index in [9.17, 15) is 9.90 Å². The second-order valence-corrected chi connectivity index (χ2v) is 5.92. The zero-order valence-corrected chi connectivity index (χ0v) is 12.6. The molecule has 2 N–H and O–H groups in total. The van der Waals surface area contributed by atoms with Crippen molar-refractivity contribution in [2.24, 2.45) is 5.92 Å². The highest BCUT2D eigenvalue weighted by Crippen LogP contribution is 2.33. The zero-order chi connectivity index (χ0) is 14.5. The lowest BCUT2D eigenvalue weighted by Gasteiger charge is -2.31. The van der Waals surface area contributed by atoms with Crippen molar-refractivity contribution in [2.45, 2.75) is 44.7 Å². The van der Waals surface area contributed by atoms with Gasteiger partial charge < -0.3 is 15.2 Å². The Morgan fingerprint density at radius 1 is 1.58 bits per heavy atom. The molecule has 0 radical (unpaired) electrons. The minimum Gasteiger partial charge on any atom is -0.480 e. The molecule has 2 atom stereocenters. The lowest BCUT2D eigenvalue weighted by molar-refractivity contribution is -0.144. The van der Waals surface area contributed by atoms with Gasteiger partial charge in [-0.15, -0.1) is 0 Å². The van der Waals surface area contributed by atoms with E-state index in [2.05, 4.69) is 24.1 Å². The van der Waals surface area contributed by atoms with Crippen molar-refractivity contribution < 1.29 is 14.6 Å². The van der Waals surface area contributed by atoms with Gasteiger partial charge in [0.25, 0.3) is 0 Å². The summed E-state index contributed by atoms with van der Waals surface area (Å²) in [6.07, 6.45) is 2.31. The molecule has 0 aromatic rings. The van der Waals surface area contributed by atoms with Crippen LogP contribution in [0.15, 0.2) is 0 Å². The summed E-state index contributed by atoms with van der Waals surface area (Å²) in [7, 11) is 3.45. The van der Waals surface area contributed by atoms with Crippen LogP contribution in [0.4, 0.5) is 0 Å². The number of nitrogens with one attached hydrogen (secondary N) is 1. The SMILES string of the molecule is CNC1(C(=O)O)CCC(N(CCOC)CC(C)C)C1. The van der Waals surface area contributed by atoms with Gasteiger partial charge in [-0.05, 0) is 32.2 Å². The minimum atomic E-state index is -0.743. The van der Waals surface area contributed by atoms with Crippen LogP contribution in [0.25, 0.3) is 0 Å². The summed E-state index contributed by atoms with van der Waals surface area (Å²) >= 11 is 0. The van der Waals surface area contributed by atoms with E-state index in [-0.39, 0.29) is 0 Å². The molecule has 0 spiro atoms. The number of carboxylic acids is 1. The van der Waals surface area contributed by atoms with Crippen LogP contribution in [-0.2, 0) is 9.53 Å². The van der Waals surface area contributed by atoms with Crippen LogP contribution in [0.2, 0.25) is 0 Å². The van der Waals surface area contributed by atoms with E-state index in [0.29, 0.717) is 31.4 Å². The standard InChI is InChI=1S/C14H28N2O3/c1-11(2)10-16(7-8-19-4)12-5-6-14(9-12,15-3)13(17)18/h11-12,15H,5-10H2,1-4H3,(H,17,18). The van der Waals surface area contributed by atoms with Gasteiger partial charge in [0.1, 0.15) is 5.54 Å². The second kappa shape index (κ2) is 7.22. The van der Waals surface area contributed by atoms with Gasteiger partial charge in [0.05, 0.1) is 6.61 Å². The van der Waals surface area contributed by atoms with E-state index in [1.54, 1.807) is 14.2 Å². The highest BCUT2D eigenvalue weighted by molar-refractivity contribution is 5.79. The molecule has 0 amide bonds. The van der Waals surface area contributed by atoms with Gasteiger partial charge in [0, 0.05) is 26.2 Å². The van der Waals surface area contributed by atoms with Crippen molar-refractivity contribution in [1.82, 2.24) is 10.2 Å². The van der Waals surface area contributed by atoms with Crippen molar-refractivity contribution in [1.29, 1.82) is 0 Å². The molecule has 0 saturated heterocycles. The Morgan fingerprint density at radius 2 is 2.26 bits per heavy atom. The summed E-state index contributed by atoms with van der Waals surface area (Å²) in [5.41, 5.74) is -0.743. The molecule has 0 bridgehead atoms. The summed E-state index contributed by atoms with van der Waals surface area (Å²) in [4.78, 5) is 13.8. The van der Waals surface area contributed by atoms with Crippen LogP contribution in [0.3, 0.4) is 0 Å². The predicted octanol–water partition coefficient (Wildman–Crippen LogP) is 1.19. The maximum absolute atomic E-state index is 11.5. The topological polar surface area (TPSA) is 61.8 Å². The average molecular weight is 272 g/mol. The first kappa shape index (κ1) is 16.4. The number of methoxy groups -OCH3 is 1. The van der Waals surface area contributed by atoms with E-state index >= 15 is 0 Å². The first-order valence-corrected chi connectivity index (χ1v) is 7.10. The number of aliphatic carboxylic acids is 1. The summed E-state index contributed by atoms with van der Waals surface area (Å²) < 4.78 is 5.17. The highest BCUT2D eigenvalue weighted by atomic mass is 16.5. The average Bonchev–Trinajstić information content (AvgIpc) is 2.79. The number of hydrogen-bond acceptors (Lipinski definition) is 4. The third-order valence-electron chi connectivity index (χ3n) is 4.08. The smallest absolute Gasteiger partial charge is 0.323 e. The summed E-state index contributed by atoms with van der Waals surface area (Å²) in [5.74, 6) is -0.153. The summed E-state index contributed by atoms with van der Waals surface area (Å²) in [6.45, 7) is 6.95. The molecule has 5 heteroatoms. The molecule has 1 fully saturated rings. The lowest BCUT2D eigenvalue weighted by atomic mass is 9.97. The van der Waals surface area contributed by atoms with E-state index in [1.807, 2.05) is 0 Å². The number of hydrogen-bond donors (Lipinski definition) is 2. The summed E-state index contributed by atoms with van der Waals surface area (Å²) in [6, 6.07) is 0.334. The molecule has 1 rings (SSSR count). The number of carbonyl (C=O) groups is 1. The Balaban J connectivity index is 2.68. The van der Waals surface area contributed by atoms with Crippen LogP contribution >= 0.6 is 0 Å². The van der Waals surface area contributed by atoms with Gasteiger partial charge in [-0.25, -0.2) is 0 Å². The van der Waals surface area contributed by atoms with E-state index < -0.39 is 11.5 Å². The van der Waals surface area contributed by atoms with Crippen molar-refractivity contribution in [3.8, 4) is 0 Å². The Labute approximate surface area is 116 Å². The number of nitrogens with zero attached hydrogens (tertiary/aromatic N) is 1. The monoisotopic (exact) mass is 272 g/mol. The Hall–Kier alpha value is -0.650. The highest BCUT2D eigenvalue weighted by Gasteiger charge is 2.45. The largest absolute Gasteiger partial charge is 0.480 e. The molecule has 0 aromatic heterocycles. The molecular weight excluding hydrogens is 244 g/mol. The molecule has 19 heavy (non-hydrogen) atoms.